The van der Waals surface area contributed by atoms with Gasteiger partial charge >= 0.3 is 0 Å². The van der Waals surface area contributed by atoms with Gasteiger partial charge in [0.15, 0.2) is 5.78 Å². The smallest absolute Gasteiger partial charge is 0.182 e. The summed E-state index contributed by atoms with van der Waals surface area (Å²) < 4.78 is 5.85. The molecule has 3 heteroatoms. The SMILES string of the molecule is O=C1/C(=C/c2ccc(OCCCc3ccccc3)cc2)N2CCC1CC2. The van der Waals surface area contributed by atoms with E-state index in [4.69, 9.17) is 4.74 Å². The third kappa shape index (κ3) is 3.82. The van der Waals surface area contributed by atoms with Crippen molar-refractivity contribution >= 4 is 11.9 Å². The lowest BCUT2D eigenvalue weighted by Gasteiger charge is -2.41. The summed E-state index contributed by atoms with van der Waals surface area (Å²) in [6.45, 7) is 2.75. The highest BCUT2D eigenvalue weighted by Crippen LogP contribution is 2.32. The molecule has 0 amide bonds. The van der Waals surface area contributed by atoms with Gasteiger partial charge in [-0.1, -0.05) is 42.5 Å². The molecule has 3 fully saturated rings. The molecule has 134 valence electrons. The van der Waals surface area contributed by atoms with Gasteiger partial charge in [-0.15, -0.1) is 0 Å². The van der Waals surface area contributed by atoms with Gasteiger partial charge in [-0.2, -0.15) is 0 Å². The molecule has 0 saturated carbocycles. The van der Waals surface area contributed by atoms with Crippen LogP contribution in [0.1, 0.15) is 30.4 Å². The summed E-state index contributed by atoms with van der Waals surface area (Å²) in [5.74, 6) is 1.46. The average Bonchev–Trinajstić information content (AvgIpc) is 2.70. The van der Waals surface area contributed by atoms with Gasteiger partial charge in [0.05, 0.1) is 12.3 Å². The van der Waals surface area contributed by atoms with Gasteiger partial charge in [0.1, 0.15) is 5.75 Å². The molecule has 2 aromatic carbocycles. The van der Waals surface area contributed by atoms with E-state index in [2.05, 4.69) is 29.2 Å². The van der Waals surface area contributed by atoms with Crippen LogP contribution >= 0.6 is 0 Å². The maximum absolute atomic E-state index is 12.4. The van der Waals surface area contributed by atoms with Gasteiger partial charge in [-0.25, -0.2) is 0 Å². The summed E-state index contributed by atoms with van der Waals surface area (Å²) >= 11 is 0. The van der Waals surface area contributed by atoms with E-state index in [1.54, 1.807) is 0 Å². The molecular formula is C23H25NO2. The summed E-state index contributed by atoms with van der Waals surface area (Å²) in [6, 6.07) is 18.6. The van der Waals surface area contributed by atoms with E-state index < -0.39 is 0 Å². The molecule has 3 heterocycles. The Hall–Kier alpha value is -2.55. The molecule has 0 radical (unpaired) electrons. The van der Waals surface area contributed by atoms with Crippen LogP contribution < -0.4 is 4.74 Å². The van der Waals surface area contributed by atoms with Crippen LogP contribution in [-0.2, 0) is 11.2 Å². The highest BCUT2D eigenvalue weighted by molar-refractivity contribution is 6.01. The fourth-order valence-corrected chi connectivity index (χ4v) is 3.84. The van der Waals surface area contributed by atoms with Gasteiger partial charge in [0, 0.05) is 19.0 Å². The Kier molecular flexibility index (Phi) is 5.05. The zero-order chi connectivity index (χ0) is 17.8. The number of benzene rings is 2. The highest BCUT2D eigenvalue weighted by atomic mass is 16.5. The van der Waals surface area contributed by atoms with Crippen LogP contribution in [0.15, 0.2) is 60.3 Å². The number of rotatable bonds is 6. The molecule has 3 aliphatic rings. The molecule has 3 nitrogen and oxygen atoms in total. The number of Topliss-reactive ketones (excluding diaryl/α,β-unsaturated/α-hetero) is 1. The molecule has 0 atom stereocenters. The highest BCUT2D eigenvalue weighted by Gasteiger charge is 2.36. The van der Waals surface area contributed by atoms with Gasteiger partial charge in [-0.05, 0) is 55.0 Å². The fourth-order valence-electron chi connectivity index (χ4n) is 3.84. The van der Waals surface area contributed by atoms with Crippen molar-refractivity contribution < 1.29 is 9.53 Å². The predicted molar refractivity (Wildman–Crippen MR) is 104 cm³/mol. The van der Waals surface area contributed by atoms with Crippen molar-refractivity contribution in [2.45, 2.75) is 25.7 Å². The van der Waals surface area contributed by atoms with Crippen LogP contribution in [0.4, 0.5) is 0 Å². The molecule has 3 saturated heterocycles. The maximum Gasteiger partial charge on any atom is 0.182 e. The second-order valence-corrected chi connectivity index (χ2v) is 7.16. The Morgan fingerprint density at radius 3 is 2.42 bits per heavy atom. The van der Waals surface area contributed by atoms with E-state index in [-0.39, 0.29) is 5.92 Å². The number of carbonyl (C=O) groups excluding carboxylic acids is 1. The minimum absolute atomic E-state index is 0.249. The van der Waals surface area contributed by atoms with Gasteiger partial charge in [-0.3, -0.25) is 4.79 Å². The molecule has 26 heavy (non-hydrogen) atoms. The maximum atomic E-state index is 12.4. The number of aryl methyl sites for hydroxylation is 1. The predicted octanol–water partition coefficient (Wildman–Crippen LogP) is 4.33. The summed E-state index contributed by atoms with van der Waals surface area (Å²) in [6.07, 6.45) is 6.11. The summed E-state index contributed by atoms with van der Waals surface area (Å²) in [5.41, 5.74) is 3.31. The number of piperidine rings is 3. The summed E-state index contributed by atoms with van der Waals surface area (Å²) in [4.78, 5) is 14.6. The van der Waals surface area contributed by atoms with Crippen LogP contribution in [0, 0.1) is 5.92 Å². The van der Waals surface area contributed by atoms with Crippen molar-refractivity contribution in [2.24, 2.45) is 5.92 Å². The number of hydrogen-bond acceptors (Lipinski definition) is 3. The zero-order valence-electron chi connectivity index (χ0n) is 15.1. The molecule has 3 aliphatic heterocycles. The minimum atomic E-state index is 0.249. The van der Waals surface area contributed by atoms with Crippen molar-refractivity contribution in [2.75, 3.05) is 19.7 Å². The van der Waals surface area contributed by atoms with Crippen molar-refractivity contribution in [1.29, 1.82) is 0 Å². The lowest BCUT2D eigenvalue weighted by atomic mass is 9.84. The number of carbonyl (C=O) groups is 1. The number of allylic oxidation sites excluding steroid dienone is 1. The second-order valence-electron chi connectivity index (χ2n) is 7.16. The Bertz CT molecular complexity index is 772. The number of hydrogen-bond donors (Lipinski definition) is 0. The lowest BCUT2D eigenvalue weighted by Crippen LogP contribution is -2.45. The Morgan fingerprint density at radius 1 is 1.00 bits per heavy atom. The third-order valence-corrected chi connectivity index (χ3v) is 5.36. The first-order valence-electron chi connectivity index (χ1n) is 9.57. The third-order valence-electron chi connectivity index (χ3n) is 5.36. The van der Waals surface area contributed by atoms with Crippen LogP contribution in [0.2, 0.25) is 0 Å². The first-order chi connectivity index (χ1) is 12.8. The topological polar surface area (TPSA) is 29.5 Å². The van der Waals surface area contributed by atoms with E-state index in [0.717, 1.165) is 55.8 Å². The number of nitrogens with zero attached hydrogens (tertiary/aromatic N) is 1. The monoisotopic (exact) mass is 347 g/mol. The number of fused-ring (bicyclic) bond motifs is 3. The van der Waals surface area contributed by atoms with Crippen molar-refractivity contribution in [3.63, 3.8) is 0 Å². The fraction of sp³-hybridized carbons (Fsp3) is 0.348. The van der Waals surface area contributed by atoms with E-state index in [1.807, 2.05) is 36.4 Å². The van der Waals surface area contributed by atoms with Gasteiger partial charge < -0.3 is 9.64 Å². The number of ether oxygens (including phenoxy) is 1. The summed E-state index contributed by atoms with van der Waals surface area (Å²) in [5, 5.41) is 0. The van der Waals surface area contributed by atoms with Crippen molar-refractivity contribution in [1.82, 2.24) is 4.90 Å². The molecule has 0 unspecified atom stereocenters. The van der Waals surface area contributed by atoms with Crippen LogP contribution in [0.25, 0.3) is 6.08 Å². The van der Waals surface area contributed by atoms with Crippen molar-refractivity contribution in [3.8, 4) is 5.75 Å². The zero-order valence-corrected chi connectivity index (χ0v) is 15.1. The van der Waals surface area contributed by atoms with E-state index in [0.29, 0.717) is 12.4 Å². The Balaban J connectivity index is 1.31. The normalized spacial score (nSPS) is 18.5. The average molecular weight is 347 g/mol. The van der Waals surface area contributed by atoms with Crippen LogP contribution in [0.3, 0.4) is 0 Å². The van der Waals surface area contributed by atoms with Crippen molar-refractivity contribution in [3.05, 3.63) is 71.4 Å². The molecule has 5 rings (SSSR count). The van der Waals surface area contributed by atoms with Gasteiger partial charge in [0.25, 0.3) is 0 Å². The first kappa shape index (κ1) is 16.9. The summed E-state index contributed by atoms with van der Waals surface area (Å²) in [7, 11) is 0. The largest absolute Gasteiger partial charge is 0.494 e. The molecule has 0 spiro atoms. The van der Waals surface area contributed by atoms with E-state index in [1.165, 1.54) is 5.56 Å². The molecule has 0 N–H and O–H groups in total. The molecular weight excluding hydrogens is 322 g/mol. The molecule has 0 aromatic heterocycles. The Labute approximate surface area is 155 Å². The van der Waals surface area contributed by atoms with Gasteiger partial charge in [0.2, 0.25) is 0 Å². The minimum Gasteiger partial charge on any atom is -0.494 e. The molecule has 2 aromatic rings. The molecule has 2 bridgehead atoms. The molecule has 0 aliphatic carbocycles. The quantitative estimate of drug-likeness (QED) is 0.575. The number of ketones is 1. The Morgan fingerprint density at radius 2 is 1.73 bits per heavy atom. The van der Waals surface area contributed by atoms with Crippen LogP contribution in [-0.4, -0.2) is 30.4 Å². The standard InChI is InChI=1S/C23H25NO2/c25-23-20-12-14-24(15-13-20)22(23)17-19-8-10-21(11-9-19)26-16-4-7-18-5-2-1-3-6-18/h1-3,5-6,8-11,17,20H,4,7,12-16H2/b22-17-. The van der Waals surface area contributed by atoms with Crippen LogP contribution in [0.5, 0.6) is 5.75 Å². The first-order valence-corrected chi connectivity index (χ1v) is 9.57. The van der Waals surface area contributed by atoms with E-state index in [9.17, 15) is 4.79 Å². The lowest BCUT2D eigenvalue weighted by molar-refractivity contribution is -0.125. The van der Waals surface area contributed by atoms with E-state index >= 15 is 0 Å². The second kappa shape index (κ2) is 7.77.